The predicted molar refractivity (Wildman–Crippen MR) is 75.0 cm³/mol. The first-order valence-electron chi connectivity index (χ1n) is 7.20. The first-order chi connectivity index (χ1) is 9.55. The Morgan fingerprint density at radius 1 is 1.50 bits per heavy atom. The molecule has 2 bridgehead atoms. The van der Waals surface area contributed by atoms with Gasteiger partial charge in [0.15, 0.2) is 0 Å². The Morgan fingerprint density at radius 3 is 2.85 bits per heavy atom. The fourth-order valence-corrected chi connectivity index (χ4v) is 4.24. The summed E-state index contributed by atoms with van der Waals surface area (Å²) in [5.74, 6) is 1.18. The second-order valence-corrected chi connectivity index (χ2v) is 6.34. The van der Waals surface area contributed by atoms with E-state index in [2.05, 4.69) is 6.07 Å². The van der Waals surface area contributed by atoms with Crippen molar-refractivity contribution in [2.75, 3.05) is 0 Å². The van der Waals surface area contributed by atoms with Crippen molar-refractivity contribution >= 4 is 5.69 Å². The number of hydrogen-bond donors (Lipinski definition) is 0. The Bertz CT molecular complexity index is 605. The van der Waals surface area contributed by atoms with Crippen LogP contribution in [0.4, 0.5) is 5.69 Å². The van der Waals surface area contributed by atoms with Crippen LogP contribution >= 0.6 is 0 Å². The molecule has 2 fully saturated rings. The molecule has 0 aromatic heterocycles. The molecule has 3 rings (SSSR count). The minimum absolute atomic E-state index is 0.166. The topological polar surface area (TPSA) is 66.9 Å². The molecule has 104 valence electrons. The fourth-order valence-electron chi connectivity index (χ4n) is 4.24. The number of hydrogen-bond acceptors (Lipinski definition) is 3. The maximum absolute atomic E-state index is 11.0. The van der Waals surface area contributed by atoms with E-state index in [4.69, 9.17) is 0 Å². The summed E-state index contributed by atoms with van der Waals surface area (Å²) in [5.41, 5.74) is 1.56. The van der Waals surface area contributed by atoms with E-state index in [1.807, 2.05) is 6.07 Å². The minimum Gasteiger partial charge on any atom is -0.258 e. The van der Waals surface area contributed by atoms with Crippen molar-refractivity contribution in [1.29, 1.82) is 5.26 Å². The molecule has 3 atom stereocenters. The summed E-state index contributed by atoms with van der Waals surface area (Å²) in [4.78, 5) is 10.7. The molecule has 1 aromatic carbocycles. The summed E-state index contributed by atoms with van der Waals surface area (Å²) in [6.07, 6.45) is 5.20. The van der Waals surface area contributed by atoms with E-state index in [0.29, 0.717) is 18.3 Å². The molecule has 1 aromatic rings. The standard InChI is InChI=1S/C16H18N2O2/c1-11-13(3-2-4-15(11)18(19)20)9-16(10-17)8-12-5-6-14(16)7-12/h2-4,12,14H,5-9H2,1H3. The number of nitrogens with zero attached hydrogens (tertiary/aromatic N) is 2. The third kappa shape index (κ3) is 1.89. The van der Waals surface area contributed by atoms with Crippen molar-refractivity contribution in [3.8, 4) is 6.07 Å². The fraction of sp³-hybridized carbons (Fsp3) is 0.562. The highest BCUT2D eigenvalue weighted by atomic mass is 16.6. The number of nitriles is 1. The van der Waals surface area contributed by atoms with E-state index in [1.165, 1.54) is 12.8 Å². The lowest BCUT2D eigenvalue weighted by molar-refractivity contribution is -0.385. The van der Waals surface area contributed by atoms with Crippen LogP contribution in [-0.2, 0) is 6.42 Å². The van der Waals surface area contributed by atoms with Crippen LogP contribution in [-0.4, -0.2) is 4.92 Å². The van der Waals surface area contributed by atoms with E-state index in [9.17, 15) is 15.4 Å². The summed E-state index contributed by atoms with van der Waals surface area (Å²) in [6, 6.07) is 7.78. The van der Waals surface area contributed by atoms with Gasteiger partial charge in [-0.3, -0.25) is 10.1 Å². The van der Waals surface area contributed by atoms with Crippen LogP contribution in [0.15, 0.2) is 18.2 Å². The largest absolute Gasteiger partial charge is 0.272 e. The summed E-state index contributed by atoms with van der Waals surface area (Å²) in [6.45, 7) is 1.80. The molecule has 0 saturated heterocycles. The van der Waals surface area contributed by atoms with Gasteiger partial charge in [-0.25, -0.2) is 0 Å². The average molecular weight is 270 g/mol. The normalized spacial score (nSPS) is 31.2. The van der Waals surface area contributed by atoms with Crippen molar-refractivity contribution < 1.29 is 4.92 Å². The lowest BCUT2D eigenvalue weighted by atomic mass is 9.70. The number of nitro benzene ring substituents is 1. The molecule has 2 aliphatic carbocycles. The van der Waals surface area contributed by atoms with Crippen molar-refractivity contribution in [2.45, 2.75) is 39.0 Å². The predicted octanol–water partition coefficient (Wildman–Crippen LogP) is 3.78. The number of fused-ring (bicyclic) bond motifs is 2. The third-order valence-corrected chi connectivity index (χ3v) is 5.32. The van der Waals surface area contributed by atoms with Gasteiger partial charge in [0.25, 0.3) is 5.69 Å². The van der Waals surface area contributed by atoms with Crippen LogP contribution in [0.1, 0.15) is 36.8 Å². The second kappa shape index (κ2) is 4.59. The number of benzene rings is 1. The first-order valence-corrected chi connectivity index (χ1v) is 7.20. The van der Waals surface area contributed by atoms with Crippen LogP contribution in [0.5, 0.6) is 0 Å². The lowest BCUT2D eigenvalue weighted by Crippen LogP contribution is -2.28. The molecule has 0 radical (unpaired) electrons. The van der Waals surface area contributed by atoms with Gasteiger partial charge in [-0.15, -0.1) is 0 Å². The molecule has 2 aliphatic rings. The molecule has 0 N–H and O–H groups in total. The van der Waals surface area contributed by atoms with Gasteiger partial charge in [0.1, 0.15) is 0 Å². The van der Waals surface area contributed by atoms with E-state index in [0.717, 1.165) is 24.0 Å². The van der Waals surface area contributed by atoms with E-state index in [-0.39, 0.29) is 16.0 Å². The van der Waals surface area contributed by atoms with Crippen molar-refractivity contribution in [3.63, 3.8) is 0 Å². The molecule has 0 spiro atoms. The summed E-state index contributed by atoms with van der Waals surface area (Å²) < 4.78 is 0. The highest BCUT2D eigenvalue weighted by Crippen LogP contribution is 2.57. The van der Waals surface area contributed by atoms with E-state index >= 15 is 0 Å². The summed E-state index contributed by atoms with van der Waals surface area (Å²) in [7, 11) is 0. The third-order valence-electron chi connectivity index (χ3n) is 5.32. The Labute approximate surface area is 118 Å². The van der Waals surface area contributed by atoms with Crippen LogP contribution in [0, 0.1) is 45.6 Å². The Morgan fingerprint density at radius 2 is 2.30 bits per heavy atom. The molecule has 0 amide bonds. The molecule has 4 nitrogen and oxygen atoms in total. The Balaban J connectivity index is 1.94. The van der Waals surface area contributed by atoms with Gasteiger partial charge in [-0.2, -0.15) is 5.26 Å². The highest BCUT2D eigenvalue weighted by molar-refractivity contribution is 5.45. The van der Waals surface area contributed by atoms with Gasteiger partial charge in [0.05, 0.1) is 16.4 Å². The maximum Gasteiger partial charge on any atom is 0.272 e. The SMILES string of the molecule is Cc1c(CC2(C#N)CC3CCC2C3)cccc1[N+](=O)[O-]. The van der Waals surface area contributed by atoms with Crippen LogP contribution in [0.25, 0.3) is 0 Å². The number of rotatable bonds is 3. The van der Waals surface area contributed by atoms with Gasteiger partial charge in [-0.1, -0.05) is 18.6 Å². The zero-order valence-electron chi connectivity index (χ0n) is 11.6. The zero-order valence-corrected chi connectivity index (χ0v) is 11.6. The van der Waals surface area contributed by atoms with Crippen LogP contribution in [0.2, 0.25) is 0 Å². The Hall–Kier alpha value is -1.89. The highest BCUT2D eigenvalue weighted by Gasteiger charge is 2.51. The average Bonchev–Trinajstić information content (AvgIpc) is 3.01. The minimum atomic E-state index is -0.335. The summed E-state index contributed by atoms with van der Waals surface area (Å²) in [5, 5.41) is 20.7. The van der Waals surface area contributed by atoms with Gasteiger partial charge < -0.3 is 0 Å². The maximum atomic E-state index is 11.0. The lowest BCUT2D eigenvalue weighted by Gasteiger charge is -2.31. The molecular formula is C16H18N2O2. The first kappa shape index (κ1) is 13.1. The van der Waals surface area contributed by atoms with E-state index < -0.39 is 0 Å². The molecule has 0 aliphatic heterocycles. The smallest absolute Gasteiger partial charge is 0.258 e. The zero-order chi connectivity index (χ0) is 14.3. The monoisotopic (exact) mass is 270 g/mol. The Kier molecular flexibility index (Phi) is 3.01. The van der Waals surface area contributed by atoms with E-state index in [1.54, 1.807) is 19.1 Å². The van der Waals surface area contributed by atoms with Gasteiger partial charge >= 0.3 is 0 Å². The molecule has 2 saturated carbocycles. The van der Waals surface area contributed by atoms with Gasteiger partial charge in [0.2, 0.25) is 0 Å². The van der Waals surface area contributed by atoms with Gasteiger partial charge in [-0.05, 0) is 50.0 Å². The molecule has 4 heteroatoms. The van der Waals surface area contributed by atoms with Crippen molar-refractivity contribution in [3.05, 3.63) is 39.4 Å². The molecular weight excluding hydrogens is 252 g/mol. The molecule has 3 unspecified atom stereocenters. The molecule has 20 heavy (non-hydrogen) atoms. The molecule has 0 heterocycles. The van der Waals surface area contributed by atoms with Crippen molar-refractivity contribution in [1.82, 2.24) is 0 Å². The van der Waals surface area contributed by atoms with Crippen molar-refractivity contribution in [2.24, 2.45) is 17.3 Å². The van der Waals surface area contributed by atoms with Crippen LogP contribution in [0.3, 0.4) is 0 Å². The quantitative estimate of drug-likeness (QED) is 0.620. The summed E-state index contributed by atoms with van der Waals surface area (Å²) >= 11 is 0. The van der Waals surface area contributed by atoms with Crippen LogP contribution < -0.4 is 0 Å². The second-order valence-electron chi connectivity index (χ2n) is 6.34. The number of nitro groups is 1. The van der Waals surface area contributed by atoms with Gasteiger partial charge in [0, 0.05) is 11.6 Å².